The van der Waals surface area contributed by atoms with Gasteiger partial charge in [-0.2, -0.15) is 13.2 Å². The van der Waals surface area contributed by atoms with Crippen molar-refractivity contribution in [1.82, 2.24) is 4.90 Å². The maximum absolute atomic E-state index is 13.5. The third kappa shape index (κ3) is 6.32. The Labute approximate surface area is 172 Å². The lowest BCUT2D eigenvalue weighted by molar-refractivity contribution is -0.757. The fraction of sp³-hybridized carbons (Fsp3) is 0.471. The van der Waals surface area contributed by atoms with E-state index in [2.05, 4.69) is 20.8 Å². The quantitative estimate of drug-likeness (QED) is 0.319. The molecule has 12 heteroatoms. The normalized spacial score (nSPS) is 16.0. The van der Waals surface area contributed by atoms with Gasteiger partial charge in [0.05, 0.1) is 5.57 Å². The van der Waals surface area contributed by atoms with Gasteiger partial charge < -0.3 is 19.2 Å². The standard InChI is InChI=1S/C17H18BrF3N2O6/c1-10-7-12(18)8-11-9-13(15(17(19,20)21)29-14(10)11)16(24)27-5-3-22(2)4-6-28-23(25)26/h7-9,15H,3-6H2,1-2H3/t15-/m0/s1. The zero-order chi connectivity index (χ0) is 21.8. The molecule has 0 aromatic heterocycles. The number of hydrogen-bond acceptors (Lipinski definition) is 7. The number of esters is 1. The molecular formula is C17H18BrF3N2O6. The van der Waals surface area contributed by atoms with Gasteiger partial charge in [0.1, 0.15) is 19.0 Å². The molecule has 1 aromatic rings. The summed E-state index contributed by atoms with van der Waals surface area (Å²) in [6.45, 7) is 1.54. The van der Waals surface area contributed by atoms with Crippen molar-refractivity contribution < 1.29 is 37.4 Å². The van der Waals surface area contributed by atoms with Gasteiger partial charge in [-0.3, -0.25) is 0 Å². The summed E-state index contributed by atoms with van der Waals surface area (Å²) in [4.78, 5) is 28.1. The van der Waals surface area contributed by atoms with Gasteiger partial charge in [-0.15, -0.1) is 10.1 Å². The first-order chi connectivity index (χ1) is 13.5. The first-order valence-electron chi connectivity index (χ1n) is 8.37. The molecule has 160 valence electrons. The number of benzene rings is 1. The summed E-state index contributed by atoms with van der Waals surface area (Å²) in [5, 5.41) is 9.15. The number of fused-ring (bicyclic) bond motifs is 1. The van der Waals surface area contributed by atoms with E-state index in [0.29, 0.717) is 15.6 Å². The van der Waals surface area contributed by atoms with Crippen molar-refractivity contribution in [3.05, 3.63) is 43.4 Å². The first-order valence-corrected chi connectivity index (χ1v) is 9.16. The number of nitrogens with zero attached hydrogens (tertiary/aromatic N) is 2. The number of alkyl halides is 3. The Hall–Kier alpha value is -2.34. The lowest BCUT2D eigenvalue weighted by atomic mass is 9.99. The Morgan fingerprint density at radius 2 is 2.00 bits per heavy atom. The van der Waals surface area contributed by atoms with Crippen LogP contribution >= 0.6 is 15.9 Å². The minimum Gasteiger partial charge on any atom is -0.475 e. The van der Waals surface area contributed by atoms with Crippen LogP contribution in [-0.2, 0) is 14.4 Å². The Morgan fingerprint density at radius 1 is 1.34 bits per heavy atom. The van der Waals surface area contributed by atoms with E-state index < -0.39 is 28.9 Å². The van der Waals surface area contributed by atoms with Crippen LogP contribution in [0.25, 0.3) is 6.08 Å². The van der Waals surface area contributed by atoms with Crippen LogP contribution in [-0.4, -0.2) is 61.6 Å². The lowest BCUT2D eigenvalue weighted by Gasteiger charge is -2.29. The Balaban J connectivity index is 2.07. The molecule has 1 aliphatic rings. The molecule has 1 aromatic carbocycles. The molecule has 0 saturated heterocycles. The van der Waals surface area contributed by atoms with Crippen molar-refractivity contribution in [1.29, 1.82) is 0 Å². The van der Waals surface area contributed by atoms with Gasteiger partial charge in [0.25, 0.3) is 5.09 Å². The van der Waals surface area contributed by atoms with Gasteiger partial charge in [0, 0.05) is 23.1 Å². The number of likely N-dealkylation sites (N-methyl/N-ethyl adjacent to an activating group) is 1. The molecule has 0 aliphatic carbocycles. The molecule has 0 spiro atoms. The summed E-state index contributed by atoms with van der Waals surface area (Å²) in [6.07, 6.45) is -6.13. The molecule has 8 nitrogen and oxygen atoms in total. The van der Waals surface area contributed by atoms with Gasteiger partial charge >= 0.3 is 12.1 Å². The van der Waals surface area contributed by atoms with Crippen molar-refractivity contribution in [2.24, 2.45) is 0 Å². The predicted octanol–water partition coefficient (Wildman–Crippen LogP) is 3.15. The van der Waals surface area contributed by atoms with Crippen molar-refractivity contribution in [3.63, 3.8) is 0 Å². The summed E-state index contributed by atoms with van der Waals surface area (Å²) in [5.41, 5.74) is 0.172. The first kappa shape index (κ1) is 22.9. The van der Waals surface area contributed by atoms with Gasteiger partial charge in [0.2, 0.25) is 6.10 Å². The fourth-order valence-corrected chi connectivity index (χ4v) is 3.21. The second kappa shape index (κ2) is 9.44. The Kier molecular flexibility index (Phi) is 7.47. The molecule has 1 atom stereocenters. The zero-order valence-corrected chi connectivity index (χ0v) is 17.1. The van der Waals surface area contributed by atoms with Crippen LogP contribution in [0.4, 0.5) is 13.2 Å². The van der Waals surface area contributed by atoms with E-state index in [0.717, 1.165) is 6.08 Å². The van der Waals surface area contributed by atoms with Crippen molar-refractivity contribution in [2.45, 2.75) is 19.2 Å². The van der Waals surface area contributed by atoms with E-state index in [9.17, 15) is 28.1 Å². The maximum atomic E-state index is 13.5. The Bertz CT molecular complexity index is 815. The van der Waals surface area contributed by atoms with Crippen LogP contribution in [0, 0.1) is 17.0 Å². The van der Waals surface area contributed by atoms with E-state index in [4.69, 9.17) is 9.47 Å². The highest BCUT2D eigenvalue weighted by Gasteiger charge is 2.49. The topological polar surface area (TPSA) is 91.1 Å². The van der Waals surface area contributed by atoms with E-state index in [1.54, 1.807) is 31.0 Å². The second-order valence-electron chi connectivity index (χ2n) is 6.28. The summed E-state index contributed by atoms with van der Waals surface area (Å²) < 4.78 is 51.1. The van der Waals surface area contributed by atoms with E-state index in [1.807, 2.05) is 0 Å². The number of carbonyl (C=O) groups is 1. The number of ether oxygens (including phenoxy) is 2. The molecule has 0 amide bonds. The van der Waals surface area contributed by atoms with Crippen LogP contribution in [0.5, 0.6) is 5.75 Å². The highest BCUT2D eigenvalue weighted by Crippen LogP contribution is 2.40. The van der Waals surface area contributed by atoms with Crippen molar-refractivity contribution >= 4 is 28.0 Å². The van der Waals surface area contributed by atoms with Crippen LogP contribution in [0.3, 0.4) is 0 Å². The predicted molar refractivity (Wildman–Crippen MR) is 98.7 cm³/mol. The van der Waals surface area contributed by atoms with E-state index >= 15 is 0 Å². The summed E-state index contributed by atoms with van der Waals surface area (Å²) in [6, 6.07) is 3.16. The number of halogens is 4. The smallest absolute Gasteiger partial charge is 0.430 e. The van der Waals surface area contributed by atoms with Gasteiger partial charge in [-0.05, 0) is 37.7 Å². The van der Waals surface area contributed by atoms with Crippen LogP contribution in [0.2, 0.25) is 0 Å². The molecule has 0 unspecified atom stereocenters. The second-order valence-corrected chi connectivity index (χ2v) is 7.19. The summed E-state index contributed by atoms with van der Waals surface area (Å²) in [5.74, 6) is -1.09. The highest BCUT2D eigenvalue weighted by atomic mass is 79.9. The minimum absolute atomic E-state index is 0.0533. The maximum Gasteiger partial charge on any atom is 0.430 e. The molecule has 2 rings (SSSR count). The van der Waals surface area contributed by atoms with Gasteiger partial charge in [0.15, 0.2) is 0 Å². The molecular weight excluding hydrogens is 465 g/mol. The summed E-state index contributed by atoms with van der Waals surface area (Å²) >= 11 is 3.26. The van der Waals surface area contributed by atoms with Crippen LogP contribution in [0.15, 0.2) is 22.2 Å². The van der Waals surface area contributed by atoms with E-state index in [1.165, 1.54) is 0 Å². The van der Waals surface area contributed by atoms with Crippen molar-refractivity contribution in [3.8, 4) is 5.75 Å². The van der Waals surface area contributed by atoms with E-state index in [-0.39, 0.29) is 32.1 Å². The molecule has 0 bridgehead atoms. The average Bonchev–Trinajstić information content (AvgIpc) is 2.59. The molecule has 29 heavy (non-hydrogen) atoms. The molecule has 0 N–H and O–H groups in total. The average molecular weight is 483 g/mol. The molecule has 0 saturated carbocycles. The minimum atomic E-state index is -4.81. The van der Waals surface area contributed by atoms with Gasteiger partial charge in [-0.25, -0.2) is 4.79 Å². The SMILES string of the molecule is Cc1cc(Br)cc2c1O[C@H](C(F)(F)F)C(C(=O)OCCN(C)CCO[N+](=O)[O-])=C2. The number of rotatable bonds is 8. The number of hydrogen-bond donors (Lipinski definition) is 0. The van der Waals surface area contributed by atoms with Crippen LogP contribution < -0.4 is 4.74 Å². The fourth-order valence-electron chi connectivity index (χ4n) is 2.62. The van der Waals surface area contributed by atoms with Crippen LogP contribution in [0.1, 0.15) is 11.1 Å². The third-order valence-electron chi connectivity index (χ3n) is 4.01. The highest BCUT2D eigenvalue weighted by molar-refractivity contribution is 9.10. The van der Waals surface area contributed by atoms with Crippen molar-refractivity contribution in [2.75, 3.05) is 33.4 Å². The molecule has 0 fully saturated rings. The zero-order valence-electron chi connectivity index (χ0n) is 15.5. The largest absolute Gasteiger partial charge is 0.475 e. The number of aryl methyl sites for hydroxylation is 1. The third-order valence-corrected chi connectivity index (χ3v) is 4.46. The monoisotopic (exact) mass is 482 g/mol. The van der Waals surface area contributed by atoms with Gasteiger partial charge in [-0.1, -0.05) is 15.9 Å². The lowest BCUT2D eigenvalue weighted by Crippen LogP contribution is -2.41. The Morgan fingerprint density at radius 3 is 2.62 bits per heavy atom. The summed E-state index contributed by atoms with van der Waals surface area (Å²) in [7, 11) is 1.59. The molecule has 0 radical (unpaired) electrons. The molecule has 1 aliphatic heterocycles. The number of carbonyl (C=O) groups excluding carboxylic acids is 1. The molecule has 1 heterocycles.